The van der Waals surface area contributed by atoms with E-state index < -0.39 is 0 Å². The number of benzene rings is 6. The van der Waals surface area contributed by atoms with Gasteiger partial charge in [0.1, 0.15) is 11.6 Å². The van der Waals surface area contributed by atoms with Crippen molar-refractivity contribution in [1.82, 2.24) is 9.97 Å². The highest BCUT2D eigenvalue weighted by atomic mass is 15.2. The molecule has 0 saturated carbocycles. The van der Waals surface area contributed by atoms with E-state index in [0.717, 1.165) is 34.4 Å². The van der Waals surface area contributed by atoms with Gasteiger partial charge in [0.2, 0.25) is 0 Å². The lowest BCUT2D eigenvalue weighted by molar-refractivity contribution is 1.18. The number of nitrogens with zero attached hydrogens (tertiary/aromatic N) is 4. The standard InChI is InChI=1S/C40H30N4/c1-27-25-35(43(29-13-5-3-6-14-29)37-17-9-11-23-41-37)33-22-20-32-28(2)26-36(34-21-19-31(27)39(33)40(32)34)44(30-15-7-4-8-16-30)38-18-10-12-24-42-38/h3-26H,1-2H3. The molecule has 0 radical (unpaired) electrons. The minimum atomic E-state index is 0.885. The third kappa shape index (κ3) is 4.15. The van der Waals surface area contributed by atoms with Crippen LogP contribution in [0.15, 0.2) is 146 Å². The van der Waals surface area contributed by atoms with Crippen LogP contribution in [0.25, 0.3) is 32.3 Å². The van der Waals surface area contributed by atoms with Crippen molar-refractivity contribution in [3.63, 3.8) is 0 Å². The van der Waals surface area contributed by atoms with Crippen LogP contribution < -0.4 is 9.80 Å². The molecule has 210 valence electrons. The summed E-state index contributed by atoms with van der Waals surface area (Å²) in [5, 5.41) is 7.45. The zero-order valence-corrected chi connectivity index (χ0v) is 24.6. The van der Waals surface area contributed by atoms with Gasteiger partial charge in [-0.1, -0.05) is 72.8 Å². The van der Waals surface area contributed by atoms with Crippen LogP contribution in [0.1, 0.15) is 11.1 Å². The maximum Gasteiger partial charge on any atom is 0.137 e. The maximum absolute atomic E-state index is 4.80. The van der Waals surface area contributed by atoms with E-state index in [1.807, 2.05) is 36.7 Å². The van der Waals surface area contributed by atoms with Crippen molar-refractivity contribution in [3.05, 3.63) is 157 Å². The van der Waals surface area contributed by atoms with Crippen LogP contribution in [0.2, 0.25) is 0 Å². The molecule has 0 saturated heterocycles. The van der Waals surface area contributed by atoms with Gasteiger partial charge in [-0.05, 0) is 107 Å². The lowest BCUT2D eigenvalue weighted by Crippen LogP contribution is -2.13. The molecule has 2 heterocycles. The van der Waals surface area contributed by atoms with Crippen LogP contribution in [-0.2, 0) is 0 Å². The molecule has 8 aromatic rings. The summed E-state index contributed by atoms with van der Waals surface area (Å²) in [6.45, 7) is 4.43. The van der Waals surface area contributed by atoms with E-state index >= 15 is 0 Å². The van der Waals surface area contributed by atoms with Gasteiger partial charge in [-0.2, -0.15) is 0 Å². The first kappa shape index (κ1) is 25.9. The fourth-order valence-corrected chi connectivity index (χ4v) is 6.59. The molecular weight excluding hydrogens is 536 g/mol. The van der Waals surface area contributed by atoms with E-state index in [0.29, 0.717) is 0 Å². The molecule has 0 amide bonds. The molecule has 0 aliphatic heterocycles. The first-order chi connectivity index (χ1) is 21.7. The summed E-state index contributed by atoms with van der Waals surface area (Å²) in [6.07, 6.45) is 3.72. The fourth-order valence-electron chi connectivity index (χ4n) is 6.59. The molecule has 2 aromatic heterocycles. The van der Waals surface area contributed by atoms with E-state index in [-0.39, 0.29) is 0 Å². The number of aryl methyl sites for hydroxylation is 2. The molecule has 0 fully saturated rings. The van der Waals surface area contributed by atoms with Crippen molar-refractivity contribution < 1.29 is 0 Å². The van der Waals surface area contributed by atoms with Gasteiger partial charge in [-0.25, -0.2) is 9.97 Å². The van der Waals surface area contributed by atoms with Crippen LogP contribution in [0.4, 0.5) is 34.4 Å². The van der Waals surface area contributed by atoms with Gasteiger partial charge < -0.3 is 0 Å². The topological polar surface area (TPSA) is 32.3 Å². The average Bonchev–Trinajstić information content (AvgIpc) is 3.08. The maximum atomic E-state index is 4.80. The van der Waals surface area contributed by atoms with Crippen LogP contribution in [-0.4, -0.2) is 9.97 Å². The minimum absolute atomic E-state index is 0.885. The number of rotatable bonds is 6. The predicted molar refractivity (Wildman–Crippen MR) is 185 cm³/mol. The van der Waals surface area contributed by atoms with E-state index in [4.69, 9.17) is 9.97 Å². The summed E-state index contributed by atoms with van der Waals surface area (Å²) in [4.78, 5) is 14.2. The summed E-state index contributed by atoms with van der Waals surface area (Å²) in [6, 6.07) is 47.0. The first-order valence-electron chi connectivity index (χ1n) is 14.9. The number of hydrogen-bond acceptors (Lipinski definition) is 4. The van der Waals surface area contributed by atoms with Crippen LogP contribution in [0, 0.1) is 13.8 Å². The van der Waals surface area contributed by atoms with Gasteiger partial charge in [0.15, 0.2) is 0 Å². The highest BCUT2D eigenvalue weighted by Gasteiger charge is 2.23. The predicted octanol–water partition coefficient (Wildman–Crippen LogP) is 10.9. The second-order valence-electron chi connectivity index (χ2n) is 11.2. The second kappa shape index (κ2) is 10.5. The van der Waals surface area contributed by atoms with E-state index in [1.165, 1.54) is 43.4 Å². The quantitative estimate of drug-likeness (QED) is 0.187. The minimum Gasteiger partial charge on any atom is -0.294 e. The Labute approximate surface area is 256 Å². The van der Waals surface area contributed by atoms with E-state index in [9.17, 15) is 0 Å². The van der Waals surface area contributed by atoms with Crippen molar-refractivity contribution in [3.8, 4) is 0 Å². The van der Waals surface area contributed by atoms with Gasteiger partial charge >= 0.3 is 0 Å². The molecule has 0 atom stereocenters. The summed E-state index contributed by atoms with van der Waals surface area (Å²) in [7, 11) is 0. The Balaban J connectivity index is 1.47. The molecule has 0 aliphatic rings. The number of hydrogen-bond donors (Lipinski definition) is 0. The smallest absolute Gasteiger partial charge is 0.137 e. The SMILES string of the molecule is Cc1cc(N(c2ccccc2)c2ccccn2)c2ccc3c(C)cc(N(c4ccccc4)c4ccccn4)c4ccc1c2c34. The highest BCUT2D eigenvalue weighted by molar-refractivity contribution is 6.29. The Hall–Kier alpha value is -5.74. The fraction of sp³-hybridized carbons (Fsp3) is 0.0500. The molecule has 0 spiro atoms. The third-order valence-electron chi connectivity index (χ3n) is 8.54. The van der Waals surface area contributed by atoms with Crippen molar-refractivity contribution in [2.24, 2.45) is 0 Å². The van der Waals surface area contributed by atoms with Gasteiger partial charge in [-0.15, -0.1) is 0 Å². The molecule has 0 aliphatic carbocycles. The molecular formula is C40H30N4. The Morgan fingerprint density at radius 3 is 1.18 bits per heavy atom. The van der Waals surface area contributed by atoms with Gasteiger partial charge in [-0.3, -0.25) is 9.80 Å². The van der Waals surface area contributed by atoms with E-state index in [2.05, 4.69) is 133 Å². The molecule has 6 aromatic carbocycles. The molecule has 4 nitrogen and oxygen atoms in total. The zero-order valence-electron chi connectivity index (χ0n) is 24.6. The summed E-state index contributed by atoms with van der Waals surface area (Å²) >= 11 is 0. The number of aromatic nitrogens is 2. The molecule has 8 rings (SSSR count). The van der Waals surface area contributed by atoms with E-state index in [1.54, 1.807) is 0 Å². The highest BCUT2D eigenvalue weighted by Crippen LogP contribution is 2.48. The number of anilines is 6. The molecule has 44 heavy (non-hydrogen) atoms. The zero-order chi connectivity index (χ0) is 29.6. The van der Waals surface area contributed by atoms with Crippen LogP contribution in [0.5, 0.6) is 0 Å². The Morgan fingerprint density at radius 1 is 0.409 bits per heavy atom. The van der Waals surface area contributed by atoms with Crippen molar-refractivity contribution in [1.29, 1.82) is 0 Å². The van der Waals surface area contributed by atoms with Crippen LogP contribution in [0.3, 0.4) is 0 Å². The Morgan fingerprint density at radius 2 is 0.795 bits per heavy atom. The normalized spacial score (nSPS) is 11.4. The number of pyridine rings is 2. The summed E-state index contributed by atoms with van der Waals surface area (Å²) in [5.41, 5.74) is 6.83. The van der Waals surface area contributed by atoms with Gasteiger partial charge in [0, 0.05) is 34.5 Å². The van der Waals surface area contributed by atoms with Crippen molar-refractivity contribution >= 4 is 66.7 Å². The molecule has 4 heteroatoms. The molecule has 0 N–H and O–H groups in total. The lowest BCUT2D eigenvalue weighted by Gasteiger charge is -2.29. The molecule has 0 unspecified atom stereocenters. The lowest BCUT2D eigenvalue weighted by atomic mass is 9.88. The summed E-state index contributed by atoms with van der Waals surface area (Å²) in [5.74, 6) is 1.77. The largest absolute Gasteiger partial charge is 0.294 e. The second-order valence-corrected chi connectivity index (χ2v) is 11.2. The van der Waals surface area contributed by atoms with Gasteiger partial charge in [0.05, 0.1) is 11.4 Å². The molecule has 0 bridgehead atoms. The van der Waals surface area contributed by atoms with Gasteiger partial charge in [0.25, 0.3) is 0 Å². The van der Waals surface area contributed by atoms with Crippen LogP contribution >= 0.6 is 0 Å². The summed E-state index contributed by atoms with van der Waals surface area (Å²) < 4.78 is 0. The third-order valence-corrected chi connectivity index (χ3v) is 8.54. The van der Waals surface area contributed by atoms with Crippen molar-refractivity contribution in [2.45, 2.75) is 13.8 Å². The Kier molecular flexibility index (Phi) is 6.20. The van der Waals surface area contributed by atoms with Crippen molar-refractivity contribution in [2.75, 3.05) is 9.80 Å². The monoisotopic (exact) mass is 566 g/mol. The average molecular weight is 567 g/mol. The first-order valence-corrected chi connectivity index (χ1v) is 14.9. The Bertz CT molecular complexity index is 1990. The number of para-hydroxylation sites is 2.